The van der Waals surface area contributed by atoms with E-state index >= 15 is 0 Å². The van der Waals surface area contributed by atoms with Gasteiger partial charge >= 0.3 is 12.0 Å². The summed E-state index contributed by atoms with van der Waals surface area (Å²) in [6.07, 6.45) is 5.68. The molecule has 2 amide bonds. The number of hydrogen-bond acceptors (Lipinski definition) is 2. The number of carbonyl (C=O) groups is 2. The van der Waals surface area contributed by atoms with Crippen molar-refractivity contribution in [2.45, 2.75) is 64.3 Å². The molecule has 1 atom stereocenters. The molecular formula is C15H28N2O3. The number of nitrogens with zero attached hydrogens (tertiary/aromatic N) is 1. The molecule has 0 aromatic rings. The minimum Gasteiger partial charge on any atom is -0.481 e. The number of carboxylic acid groups (broad SMARTS) is 1. The number of aliphatic carboxylic acids is 1. The number of carbonyl (C=O) groups excluding carboxylic acids is 1. The average molecular weight is 284 g/mol. The van der Waals surface area contributed by atoms with E-state index in [1.165, 1.54) is 0 Å². The fraction of sp³-hybridized carbons (Fsp3) is 0.867. The average Bonchev–Trinajstić information content (AvgIpc) is 2.38. The van der Waals surface area contributed by atoms with Gasteiger partial charge in [0.25, 0.3) is 0 Å². The highest BCUT2D eigenvalue weighted by Crippen LogP contribution is 2.31. The zero-order valence-electron chi connectivity index (χ0n) is 12.9. The molecule has 0 heterocycles. The molecule has 0 aromatic heterocycles. The summed E-state index contributed by atoms with van der Waals surface area (Å²) in [5, 5.41) is 12.1. The molecular weight excluding hydrogens is 256 g/mol. The van der Waals surface area contributed by atoms with Crippen LogP contribution in [0.5, 0.6) is 0 Å². The Morgan fingerprint density at radius 1 is 1.30 bits per heavy atom. The van der Waals surface area contributed by atoms with Crippen LogP contribution in [-0.2, 0) is 4.79 Å². The van der Waals surface area contributed by atoms with Crippen molar-refractivity contribution in [2.24, 2.45) is 5.92 Å². The third kappa shape index (κ3) is 5.02. The molecule has 0 bridgehead atoms. The molecule has 1 rings (SSSR count). The van der Waals surface area contributed by atoms with Crippen molar-refractivity contribution in [1.29, 1.82) is 0 Å². The van der Waals surface area contributed by atoms with Crippen LogP contribution < -0.4 is 5.32 Å². The van der Waals surface area contributed by atoms with Crippen LogP contribution in [0.4, 0.5) is 4.79 Å². The number of nitrogens with one attached hydrogen (secondary N) is 1. The molecule has 0 radical (unpaired) electrons. The van der Waals surface area contributed by atoms with Crippen LogP contribution in [0.15, 0.2) is 0 Å². The number of hydrogen-bond donors (Lipinski definition) is 2. The predicted octanol–water partition coefficient (Wildman–Crippen LogP) is 2.85. The third-order valence-corrected chi connectivity index (χ3v) is 4.30. The number of urea groups is 1. The maximum atomic E-state index is 12.3. The van der Waals surface area contributed by atoms with Crippen molar-refractivity contribution in [3.8, 4) is 0 Å². The molecule has 0 spiro atoms. The second-order valence-corrected chi connectivity index (χ2v) is 6.24. The highest BCUT2D eigenvalue weighted by molar-refractivity contribution is 5.76. The molecule has 5 heteroatoms. The highest BCUT2D eigenvalue weighted by Gasteiger charge is 2.36. The summed E-state index contributed by atoms with van der Waals surface area (Å²) < 4.78 is 0. The van der Waals surface area contributed by atoms with E-state index in [-0.39, 0.29) is 12.5 Å². The standard InChI is InChI=1S/C15H28N2O3/c1-4-12(2)11-17(3)14(20)16-15(10-13(18)19)8-6-5-7-9-15/h12H,4-11H2,1-3H3,(H,16,20)(H,18,19). The third-order valence-electron chi connectivity index (χ3n) is 4.30. The number of rotatable bonds is 6. The van der Waals surface area contributed by atoms with Gasteiger partial charge in [-0.2, -0.15) is 0 Å². The van der Waals surface area contributed by atoms with Gasteiger partial charge in [0.2, 0.25) is 0 Å². The maximum absolute atomic E-state index is 12.3. The Hall–Kier alpha value is -1.26. The zero-order valence-corrected chi connectivity index (χ0v) is 12.9. The van der Waals surface area contributed by atoms with Crippen molar-refractivity contribution >= 4 is 12.0 Å². The first kappa shape index (κ1) is 16.8. The first-order chi connectivity index (χ1) is 9.38. The zero-order chi connectivity index (χ0) is 15.2. The second-order valence-electron chi connectivity index (χ2n) is 6.24. The first-order valence-electron chi connectivity index (χ1n) is 7.63. The van der Waals surface area contributed by atoms with Crippen LogP contribution in [0.25, 0.3) is 0 Å². The van der Waals surface area contributed by atoms with Crippen molar-refractivity contribution in [2.75, 3.05) is 13.6 Å². The van der Waals surface area contributed by atoms with Gasteiger partial charge in [-0.25, -0.2) is 4.79 Å². The molecule has 5 nitrogen and oxygen atoms in total. The van der Waals surface area contributed by atoms with Gasteiger partial charge in [0.15, 0.2) is 0 Å². The summed E-state index contributed by atoms with van der Waals surface area (Å²) in [6, 6.07) is -0.145. The van der Waals surface area contributed by atoms with Crippen LogP contribution in [0.2, 0.25) is 0 Å². The lowest BCUT2D eigenvalue weighted by Crippen LogP contribution is -2.55. The molecule has 1 unspecified atom stereocenters. The summed E-state index contributed by atoms with van der Waals surface area (Å²) in [5.41, 5.74) is -0.551. The largest absolute Gasteiger partial charge is 0.481 e. The Morgan fingerprint density at radius 2 is 1.90 bits per heavy atom. The Morgan fingerprint density at radius 3 is 2.40 bits per heavy atom. The lowest BCUT2D eigenvalue weighted by molar-refractivity contribution is -0.139. The summed E-state index contributed by atoms with van der Waals surface area (Å²) >= 11 is 0. The molecule has 1 fully saturated rings. The normalized spacial score (nSPS) is 19.1. The number of amides is 2. The van der Waals surface area contributed by atoms with Crippen LogP contribution in [0, 0.1) is 5.92 Å². The van der Waals surface area contributed by atoms with Crippen molar-refractivity contribution in [3.63, 3.8) is 0 Å². The topological polar surface area (TPSA) is 69.6 Å². The van der Waals surface area contributed by atoms with Gasteiger partial charge in [-0.15, -0.1) is 0 Å². The van der Waals surface area contributed by atoms with E-state index < -0.39 is 11.5 Å². The Bertz CT molecular complexity index is 338. The van der Waals surface area contributed by atoms with Gasteiger partial charge in [0.05, 0.1) is 12.0 Å². The molecule has 0 saturated heterocycles. The van der Waals surface area contributed by atoms with E-state index in [1.807, 2.05) is 0 Å². The van der Waals surface area contributed by atoms with E-state index in [4.69, 9.17) is 5.11 Å². The molecule has 20 heavy (non-hydrogen) atoms. The molecule has 1 saturated carbocycles. The molecule has 0 aliphatic heterocycles. The summed E-state index contributed by atoms with van der Waals surface area (Å²) in [6.45, 7) is 4.91. The van der Waals surface area contributed by atoms with Gasteiger partial charge in [0, 0.05) is 13.6 Å². The van der Waals surface area contributed by atoms with Crippen LogP contribution in [0.3, 0.4) is 0 Å². The second kappa shape index (κ2) is 7.50. The van der Waals surface area contributed by atoms with Gasteiger partial charge in [-0.05, 0) is 18.8 Å². The van der Waals surface area contributed by atoms with E-state index in [2.05, 4.69) is 19.2 Å². The van der Waals surface area contributed by atoms with Gasteiger partial charge < -0.3 is 15.3 Å². The van der Waals surface area contributed by atoms with E-state index in [1.54, 1.807) is 11.9 Å². The Kier molecular flexibility index (Phi) is 6.30. The van der Waals surface area contributed by atoms with Crippen LogP contribution in [-0.4, -0.2) is 41.1 Å². The van der Waals surface area contributed by atoms with Gasteiger partial charge in [-0.1, -0.05) is 39.5 Å². The Labute approximate surface area is 121 Å². The maximum Gasteiger partial charge on any atom is 0.317 e. The molecule has 0 aromatic carbocycles. The predicted molar refractivity (Wildman–Crippen MR) is 78.7 cm³/mol. The molecule has 2 N–H and O–H groups in total. The highest BCUT2D eigenvalue weighted by atomic mass is 16.4. The van der Waals surface area contributed by atoms with E-state index in [0.717, 1.165) is 38.5 Å². The lowest BCUT2D eigenvalue weighted by Gasteiger charge is -2.38. The van der Waals surface area contributed by atoms with Crippen molar-refractivity contribution in [3.05, 3.63) is 0 Å². The Balaban J connectivity index is 2.64. The summed E-state index contributed by atoms with van der Waals surface area (Å²) in [4.78, 5) is 25.0. The fourth-order valence-corrected chi connectivity index (χ4v) is 2.87. The SMILES string of the molecule is CCC(C)CN(C)C(=O)NC1(CC(=O)O)CCCCC1. The van der Waals surface area contributed by atoms with Crippen LogP contribution >= 0.6 is 0 Å². The van der Waals surface area contributed by atoms with Crippen molar-refractivity contribution in [1.82, 2.24) is 10.2 Å². The molecule has 116 valence electrons. The minimum atomic E-state index is -0.836. The molecule has 1 aliphatic carbocycles. The van der Waals surface area contributed by atoms with Gasteiger partial charge in [0.1, 0.15) is 0 Å². The molecule has 1 aliphatic rings. The lowest BCUT2D eigenvalue weighted by atomic mass is 9.79. The summed E-state index contributed by atoms with van der Waals surface area (Å²) in [5.74, 6) is -0.385. The van der Waals surface area contributed by atoms with E-state index in [9.17, 15) is 9.59 Å². The monoisotopic (exact) mass is 284 g/mol. The van der Waals surface area contributed by atoms with Crippen LogP contribution in [0.1, 0.15) is 58.8 Å². The van der Waals surface area contributed by atoms with Crippen molar-refractivity contribution < 1.29 is 14.7 Å². The smallest absolute Gasteiger partial charge is 0.317 e. The fourth-order valence-electron chi connectivity index (χ4n) is 2.87. The van der Waals surface area contributed by atoms with Gasteiger partial charge in [-0.3, -0.25) is 4.79 Å². The minimum absolute atomic E-state index is 0.0237. The quantitative estimate of drug-likeness (QED) is 0.788. The van der Waals surface area contributed by atoms with E-state index in [0.29, 0.717) is 12.5 Å². The first-order valence-corrected chi connectivity index (χ1v) is 7.63. The summed E-state index contributed by atoms with van der Waals surface area (Å²) in [7, 11) is 1.78. The number of carboxylic acids is 1.